The standard InChI is InChI=1S/C31H21ClN4O6/c1-41-28-18-21(8-16-27(28)42-29(37)17-9-20-6-12-23(32)13-7-20)19-33-35-30(22-10-14-24(15-11-22)36(39)40)34-26-5-3-2-4-25(26)31(35)38/h2-19H,1H3/b17-9+,33-19?. The molecule has 0 fully saturated rings. The fraction of sp³-hybridized carbons (Fsp3) is 0.0323. The lowest BCUT2D eigenvalue weighted by Gasteiger charge is -2.10. The van der Waals surface area contributed by atoms with E-state index >= 15 is 0 Å². The number of rotatable bonds is 8. The van der Waals surface area contributed by atoms with Gasteiger partial charge >= 0.3 is 5.97 Å². The van der Waals surface area contributed by atoms with Gasteiger partial charge in [-0.15, -0.1) is 0 Å². The average molecular weight is 581 g/mol. The van der Waals surface area contributed by atoms with Crippen molar-refractivity contribution in [2.45, 2.75) is 0 Å². The van der Waals surface area contributed by atoms with Crippen molar-refractivity contribution >= 4 is 46.5 Å². The number of benzene rings is 4. The van der Waals surface area contributed by atoms with Gasteiger partial charge in [0, 0.05) is 28.8 Å². The number of fused-ring (bicyclic) bond motifs is 1. The minimum absolute atomic E-state index is 0.0923. The number of nitro groups is 1. The molecule has 0 amide bonds. The molecule has 42 heavy (non-hydrogen) atoms. The number of carbonyl (C=O) groups excluding carboxylic acids is 1. The fourth-order valence-corrected chi connectivity index (χ4v) is 4.13. The molecule has 208 valence electrons. The predicted molar refractivity (Wildman–Crippen MR) is 160 cm³/mol. The van der Waals surface area contributed by atoms with Crippen LogP contribution in [0.2, 0.25) is 5.02 Å². The first-order chi connectivity index (χ1) is 20.3. The lowest BCUT2D eigenvalue weighted by atomic mass is 10.1. The molecule has 0 aliphatic heterocycles. The normalized spacial score (nSPS) is 11.3. The molecular formula is C31H21ClN4O6. The number of methoxy groups -OCH3 is 1. The number of hydrogen-bond donors (Lipinski definition) is 0. The predicted octanol–water partition coefficient (Wildman–Crippen LogP) is 6.13. The number of ether oxygens (including phenoxy) is 2. The van der Waals surface area contributed by atoms with Crippen LogP contribution in [0.15, 0.2) is 107 Å². The quantitative estimate of drug-likeness (QED) is 0.0539. The third-order valence-electron chi connectivity index (χ3n) is 6.09. The van der Waals surface area contributed by atoms with Crippen LogP contribution in [-0.4, -0.2) is 33.9 Å². The molecule has 11 heteroatoms. The highest BCUT2D eigenvalue weighted by Gasteiger charge is 2.14. The molecule has 1 heterocycles. The summed E-state index contributed by atoms with van der Waals surface area (Å²) in [7, 11) is 1.43. The topological polar surface area (TPSA) is 126 Å². The Morgan fingerprint density at radius 3 is 2.40 bits per heavy atom. The maximum absolute atomic E-state index is 13.4. The molecule has 4 aromatic carbocycles. The molecule has 0 aliphatic rings. The molecule has 0 saturated carbocycles. The van der Waals surface area contributed by atoms with Crippen molar-refractivity contribution < 1.29 is 19.2 Å². The number of nitro benzene ring substituents is 1. The SMILES string of the molecule is COc1cc(C=Nn2c(-c3ccc([N+](=O)[O-])cc3)nc3ccccc3c2=O)ccc1OC(=O)/C=C/c1ccc(Cl)cc1. The number of halogens is 1. The smallest absolute Gasteiger partial charge is 0.336 e. The molecule has 0 unspecified atom stereocenters. The van der Waals surface area contributed by atoms with Crippen molar-refractivity contribution in [2.75, 3.05) is 7.11 Å². The fourth-order valence-electron chi connectivity index (χ4n) is 4.00. The van der Waals surface area contributed by atoms with Crippen LogP contribution in [-0.2, 0) is 4.79 Å². The Hall–Kier alpha value is -5.61. The van der Waals surface area contributed by atoms with Gasteiger partial charge < -0.3 is 9.47 Å². The van der Waals surface area contributed by atoms with Gasteiger partial charge in [0.1, 0.15) is 0 Å². The average Bonchev–Trinajstić information content (AvgIpc) is 3.01. The highest BCUT2D eigenvalue weighted by Crippen LogP contribution is 2.28. The summed E-state index contributed by atoms with van der Waals surface area (Å²) in [6, 6.07) is 24.3. The summed E-state index contributed by atoms with van der Waals surface area (Å²) in [6.07, 6.45) is 4.32. The van der Waals surface area contributed by atoms with E-state index < -0.39 is 16.5 Å². The lowest BCUT2D eigenvalue weighted by molar-refractivity contribution is -0.384. The summed E-state index contributed by atoms with van der Waals surface area (Å²) in [5.74, 6) is 0.0596. The van der Waals surface area contributed by atoms with E-state index in [1.807, 2.05) is 0 Å². The van der Waals surface area contributed by atoms with Gasteiger partial charge in [0.2, 0.25) is 0 Å². The van der Waals surface area contributed by atoms with E-state index in [9.17, 15) is 19.7 Å². The number of non-ortho nitro benzene ring substituents is 1. The Morgan fingerprint density at radius 2 is 1.69 bits per heavy atom. The Kier molecular flexibility index (Phi) is 8.17. The summed E-state index contributed by atoms with van der Waals surface area (Å²) in [5.41, 5.74) is 1.73. The number of nitrogens with zero attached hydrogens (tertiary/aromatic N) is 4. The van der Waals surface area contributed by atoms with Gasteiger partial charge in [-0.25, -0.2) is 9.78 Å². The summed E-state index contributed by atoms with van der Waals surface area (Å²) in [4.78, 5) is 41.0. The minimum Gasteiger partial charge on any atom is -0.493 e. The van der Waals surface area contributed by atoms with E-state index in [0.717, 1.165) is 10.2 Å². The molecule has 0 atom stereocenters. The zero-order valence-electron chi connectivity index (χ0n) is 22.0. The van der Waals surface area contributed by atoms with Crippen molar-refractivity contribution in [2.24, 2.45) is 5.10 Å². The first-order valence-corrected chi connectivity index (χ1v) is 12.8. The first kappa shape index (κ1) is 27.9. The molecule has 0 spiro atoms. The molecule has 0 bridgehead atoms. The Bertz CT molecular complexity index is 1920. The number of aromatic nitrogens is 2. The second kappa shape index (κ2) is 12.3. The van der Waals surface area contributed by atoms with E-state index in [2.05, 4.69) is 10.1 Å². The van der Waals surface area contributed by atoms with Gasteiger partial charge in [0.25, 0.3) is 11.2 Å². The van der Waals surface area contributed by atoms with Gasteiger partial charge in [0.15, 0.2) is 17.3 Å². The van der Waals surface area contributed by atoms with Gasteiger partial charge in [-0.2, -0.15) is 9.78 Å². The number of para-hydroxylation sites is 1. The third kappa shape index (κ3) is 6.24. The van der Waals surface area contributed by atoms with Gasteiger partial charge in [-0.1, -0.05) is 35.9 Å². The summed E-state index contributed by atoms with van der Waals surface area (Å²) >= 11 is 5.89. The van der Waals surface area contributed by atoms with Crippen LogP contribution in [0, 0.1) is 10.1 Å². The zero-order valence-corrected chi connectivity index (χ0v) is 22.8. The Balaban J connectivity index is 1.44. The van der Waals surface area contributed by atoms with Gasteiger partial charge in [-0.05, 0) is 71.8 Å². The highest BCUT2D eigenvalue weighted by molar-refractivity contribution is 6.30. The van der Waals surface area contributed by atoms with Crippen LogP contribution in [0.25, 0.3) is 28.4 Å². The highest BCUT2D eigenvalue weighted by atomic mass is 35.5. The maximum Gasteiger partial charge on any atom is 0.336 e. The second-order valence-electron chi connectivity index (χ2n) is 8.83. The molecule has 5 rings (SSSR count). The lowest BCUT2D eigenvalue weighted by Crippen LogP contribution is -2.20. The third-order valence-corrected chi connectivity index (χ3v) is 6.34. The van der Waals surface area contributed by atoms with Crippen LogP contribution in [0.5, 0.6) is 11.5 Å². The van der Waals surface area contributed by atoms with E-state index in [1.54, 1.807) is 72.8 Å². The van der Waals surface area contributed by atoms with E-state index in [4.69, 9.17) is 21.1 Å². The Labute approximate surface area is 243 Å². The summed E-state index contributed by atoms with van der Waals surface area (Å²) in [5, 5.41) is 16.4. The van der Waals surface area contributed by atoms with Gasteiger partial charge in [0.05, 0.1) is 29.2 Å². The number of hydrogen-bond acceptors (Lipinski definition) is 8. The molecule has 5 aromatic rings. The second-order valence-corrected chi connectivity index (χ2v) is 9.27. The van der Waals surface area contributed by atoms with Crippen molar-refractivity contribution in [3.63, 3.8) is 0 Å². The van der Waals surface area contributed by atoms with Crippen LogP contribution in [0.4, 0.5) is 5.69 Å². The van der Waals surface area contributed by atoms with Crippen molar-refractivity contribution in [1.82, 2.24) is 9.66 Å². The minimum atomic E-state index is -0.605. The van der Waals surface area contributed by atoms with E-state index in [1.165, 1.54) is 43.7 Å². The maximum atomic E-state index is 13.4. The summed E-state index contributed by atoms with van der Waals surface area (Å²) < 4.78 is 12.0. The monoisotopic (exact) mass is 580 g/mol. The van der Waals surface area contributed by atoms with E-state index in [0.29, 0.717) is 27.1 Å². The molecule has 10 nitrogen and oxygen atoms in total. The van der Waals surface area contributed by atoms with Crippen LogP contribution >= 0.6 is 11.6 Å². The van der Waals surface area contributed by atoms with Crippen LogP contribution in [0.1, 0.15) is 11.1 Å². The van der Waals surface area contributed by atoms with Crippen molar-refractivity contribution in [3.05, 3.63) is 134 Å². The first-order valence-electron chi connectivity index (χ1n) is 12.5. The number of carbonyl (C=O) groups is 1. The zero-order chi connectivity index (χ0) is 29.6. The van der Waals surface area contributed by atoms with Gasteiger partial charge in [-0.3, -0.25) is 14.9 Å². The Morgan fingerprint density at radius 1 is 0.976 bits per heavy atom. The molecule has 1 aromatic heterocycles. The summed E-state index contributed by atoms with van der Waals surface area (Å²) in [6.45, 7) is 0. The van der Waals surface area contributed by atoms with Crippen molar-refractivity contribution in [3.8, 4) is 22.9 Å². The number of esters is 1. The van der Waals surface area contributed by atoms with E-state index in [-0.39, 0.29) is 23.0 Å². The molecule has 0 N–H and O–H groups in total. The largest absolute Gasteiger partial charge is 0.493 e. The van der Waals surface area contributed by atoms with Crippen molar-refractivity contribution in [1.29, 1.82) is 0 Å². The molecule has 0 radical (unpaired) electrons. The van der Waals surface area contributed by atoms with Crippen LogP contribution < -0.4 is 15.0 Å². The molecular weight excluding hydrogens is 560 g/mol. The molecule has 0 saturated heterocycles. The molecule has 0 aliphatic carbocycles. The van der Waals surface area contributed by atoms with Crippen LogP contribution in [0.3, 0.4) is 0 Å².